The molecule has 0 bridgehead atoms. The third kappa shape index (κ3) is 4.10. The lowest BCUT2D eigenvalue weighted by atomic mass is 10.1. The van der Waals surface area contributed by atoms with Gasteiger partial charge in [-0.3, -0.25) is 4.79 Å². The van der Waals surface area contributed by atoms with Crippen LogP contribution in [-0.4, -0.2) is 24.9 Å². The zero-order valence-electron chi connectivity index (χ0n) is 14.0. The minimum absolute atomic E-state index is 0.165. The topological polar surface area (TPSA) is 74.2 Å². The van der Waals surface area contributed by atoms with Gasteiger partial charge in [0.25, 0.3) is 0 Å². The third-order valence-corrected chi connectivity index (χ3v) is 4.11. The van der Waals surface area contributed by atoms with Crippen LogP contribution in [0.3, 0.4) is 0 Å². The summed E-state index contributed by atoms with van der Waals surface area (Å²) in [5.74, 6) is -0.0634. The molecule has 7 heteroatoms. The molecule has 1 aliphatic heterocycles. The predicted molar refractivity (Wildman–Crippen MR) is 104 cm³/mol. The summed E-state index contributed by atoms with van der Waals surface area (Å²) >= 11 is 2.18. The number of nitrogens with zero attached hydrogens (tertiary/aromatic N) is 1. The molecule has 2 aromatic carbocycles. The van der Waals surface area contributed by atoms with E-state index in [2.05, 4.69) is 27.6 Å². The van der Waals surface area contributed by atoms with Crippen molar-refractivity contribution in [1.82, 2.24) is 0 Å². The monoisotopic (exact) mass is 463 g/mol. The van der Waals surface area contributed by atoms with Gasteiger partial charge in [-0.05, 0) is 64.6 Å². The summed E-state index contributed by atoms with van der Waals surface area (Å²) in [4.78, 5) is 27.6. The average molecular weight is 463 g/mol. The fraction of sp³-hybridized carbons (Fsp3) is 0.105. The first-order valence-electron chi connectivity index (χ1n) is 7.61. The van der Waals surface area contributed by atoms with E-state index in [4.69, 9.17) is 14.2 Å². The molecule has 26 heavy (non-hydrogen) atoms. The van der Waals surface area contributed by atoms with Crippen LogP contribution in [0.25, 0.3) is 6.08 Å². The molecule has 0 spiro atoms. The van der Waals surface area contributed by atoms with E-state index in [1.165, 1.54) is 14.0 Å². The minimum Gasteiger partial charge on any atom is -0.493 e. The highest BCUT2D eigenvalue weighted by Crippen LogP contribution is 2.30. The molecule has 6 nitrogen and oxygen atoms in total. The van der Waals surface area contributed by atoms with Gasteiger partial charge in [0.15, 0.2) is 17.2 Å². The Morgan fingerprint density at radius 3 is 2.69 bits per heavy atom. The van der Waals surface area contributed by atoms with Gasteiger partial charge in [-0.2, -0.15) is 0 Å². The van der Waals surface area contributed by atoms with Crippen molar-refractivity contribution in [2.24, 2.45) is 4.99 Å². The van der Waals surface area contributed by atoms with Crippen molar-refractivity contribution in [3.05, 3.63) is 62.9 Å². The van der Waals surface area contributed by atoms with Crippen molar-refractivity contribution >= 4 is 46.5 Å². The molecule has 0 amide bonds. The summed E-state index contributed by atoms with van der Waals surface area (Å²) in [7, 11) is 1.48. The molecule has 0 radical (unpaired) electrons. The Balaban J connectivity index is 1.94. The number of benzene rings is 2. The van der Waals surface area contributed by atoms with Gasteiger partial charge in [0.05, 0.1) is 7.11 Å². The number of halogens is 1. The minimum atomic E-state index is -0.538. The molecule has 0 atom stereocenters. The van der Waals surface area contributed by atoms with E-state index >= 15 is 0 Å². The van der Waals surface area contributed by atoms with Crippen LogP contribution in [0.15, 0.2) is 53.2 Å². The molecule has 0 N–H and O–H groups in total. The lowest BCUT2D eigenvalue weighted by Gasteiger charge is -2.08. The second-order valence-electron chi connectivity index (χ2n) is 5.35. The SMILES string of the molecule is COc1ccc(C=C2N=C(c3cccc(I)c3)OC2=O)cc1OC(C)=O. The summed E-state index contributed by atoms with van der Waals surface area (Å²) < 4.78 is 16.6. The van der Waals surface area contributed by atoms with Gasteiger partial charge < -0.3 is 14.2 Å². The van der Waals surface area contributed by atoms with Crippen LogP contribution in [0.1, 0.15) is 18.1 Å². The average Bonchev–Trinajstić information content (AvgIpc) is 2.95. The summed E-state index contributed by atoms with van der Waals surface area (Å²) in [6, 6.07) is 12.5. The Hall–Kier alpha value is -2.68. The number of esters is 2. The van der Waals surface area contributed by atoms with Gasteiger partial charge in [0.1, 0.15) is 0 Å². The fourth-order valence-corrected chi connectivity index (χ4v) is 2.87. The van der Waals surface area contributed by atoms with Crippen molar-refractivity contribution < 1.29 is 23.8 Å². The van der Waals surface area contributed by atoms with E-state index in [1.54, 1.807) is 24.3 Å². The first kappa shape index (κ1) is 18.1. The molecule has 1 heterocycles. The predicted octanol–water partition coefficient (Wildman–Crippen LogP) is 3.57. The zero-order chi connectivity index (χ0) is 18.7. The molecule has 2 aromatic rings. The number of aliphatic imine (C=N–C) groups is 1. The second kappa shape index (κ2) is 7.69. The van der Waals surface area contributed by atoms with Gasteiger partial charge in [-0.25, -0.2) is 9.79 Å². The van der Waals surface area contributed by atoms with E-state index in [0.717, 1.165) is 9.13 Å². The standard InChI is InChI=1S/C19H14INO5/c1-11(22)25-17-9-12(6-7-16(17)24-2)8-15-19(23)26-18(21-15)13-4-3-5-14(20)10-13/h3-10H,1-2H3. The van der Waals surface area contributed by atoms with E-state index in [0.29, 0.717) is 11.3 Å². The Morgan fingerprint density at radius 1 is 1.19 bits per heavy atom. The van der Waals surface area contributed by atoms with Gasteiger partial charge in [-0.1, -0.05) is 12.1 Å². The molecule has 0 unspecified atom stereocenters. The molecule has 0 aromatic heterocycles. The number of methoxy groups -OCH3 is 1. The molecule has 3 rings (SSSR count). The first-order chi connectivity index (χ1) is 12.5. The van der Waals surface area contributed by atoms with Gasteiger partial charge in [0.2, 0.25) is 5.90 Å². The number of carbonyl (C=O) groups is 2. The van der Waals surface area contributed by atoms with Crippen LogP contribution in [0.4, 0.5) is 0 Å². The lowest BCUT2D eigenvalue weighted by molar-refractivity contribution is -0.132. The highest BCUT2D eigenvalue weighted by molar-refractivity contribution is 14.1. The highest BCUT2D eigenvalue weighted by Gasteiger charge is 2.24. The van der Waals surface area contributed by atoms with Gasteiger partial charge in [0, 0.05) is 16.1 Å². The Kier molecular flexibility index (Phi) is 5.36. The zero-order valence-corrected chi connectivity index (χ0v) is 16.1. The molecule has 0 saturated carbocycles. The van der Waals surface area contributed by atoms with Crippen molar-refractivity contribution in [1.29, 1.82) is 0 Å². The molecule has 0 fully saturated rings. The maximum Gasteiger partial charge on any atom is 0.363 e. The molecular formula is C19H14INO5. The molecule has 1 aliphatic rings. The highest BCUT2D eigenvalue weighted by atomic mass is 127. The normalized spacial score (nSPS) is 14.8. The van der Waals surface area contributed by atoms with Crippen molar-refractivity contribution in [2.75, 3.05) is 7.11 Å². The van der Waals surface area contributed by atoms with Gasteiger partial charge >= 0.3 is 11.9 Å². The number of rotatable bonds is 4. The Labute approximate surface area is 163 Å². The maximum atomic E-state index is 12.1. The van der Waals surface area contributed by atoms with Crippen LogP contribution in [0, 0.1) is 3.57 Å². The maximum absolute atomic E-state index is 12.1. The lowest BCUT2D eigenvalue weighted by Crippen LogP contribution is -2.05. The summed E-state index contributed by atoms with van der Waals surface area (Å²) in [5.41, 5.74) is 1.52. The van der Waals surface area contributed by atoms with Crippen LogP contribution < -0.4 is 9.47 Å². The quantitative estimate of drug-likeness (QED) is 0.300. The van der Waals surface area contributed by atoms with Crippen LogP contribution in [-0.2, 0) is 14.3 Å². The van der Waals surface area contributed by atoms with Crippen molar-refractivity contribution in [3.8, 4) is 11.5 Å². The van der Waals surface area contributed by atoms with Crippen LogP contribution in [0.2, 0.25) is 0 Å². The first-order valence-corrected chi connectivity index (χ1v) is 8.69. The van der Waals surface area contributed by atoms with E-state index in [1.807, 2.05) is 24.3 Å². The molecule has 0 saturated heterocycles. The number of ether oxygens (including phenoxy) is 3. The summed E-state index contributed by atoms with van der Waals surface area (Å²) in [6.07, 6.45) is 1.57. The molecular weight excluding hydrogens is 449 g/mol. The number of carbonyl (C=O) groups excluding carboxylic acids is 2. The van der Waals surface area contributed by atoms with E-state index in [-0.39, 0.29) is 17.3 Å². The smallest absolute Gasteiger partial charge is 0.363 e. The summed E-state index contributed by atoms with van der Waals surface area (Å²) in [5, 5.41) is 0. The molecule has 0 aliphatic carbocycles. The largest absolute Gasteiger partial charge is 0.493 e. The van der Waals surface area contributed by atoms with Gasteiger partial charge in [-0.15, -0.1) is 0 Å². The van der Waals surface area contributed by atoms with E-state index < -0.39 is 11.9 Å². The molecule has 132 valence electrons. The van der Waals surface area contributed by atoms with E-state index in [9.17, 15) is 9.59 Å². The van der Waals surface area contributed by atoms with Crippen molar-refractivity contribution in [3.63, 3.8) is 0 Å². The summed E-state index contributed by atoms with van der Waals surface area (Å²) in [6.45, 7) is 1.30. The number of hydrogen-bond acceptors (Lipinski definition) is 6. The Bertz CT molecular complexity index is 949. The second-order valence-corrected chi connectivity index (χ2v) is 6.60. The van der Waals surface area contributed by atoms with Crippen LogP contribution >= 0.6 is 22.6 Å². The fourth-order valence-electron chi connectivity index (χ4n) is 2.33. The van der Waals surface area contributed by atoms with Crippen molar-refractivity contribution in [2.45, 2.75) is 6.92 Å². The third-order valence-electron chi connectivity index (χ3n) is 3.44. The number of hydrogen-bond donors (Lipinski definition) is 0. The Morgan fingerprint density at radius 2 is 2.00 bits per heavy atom. The van der Waals surface area contributed by atoms with Crippen LogP contribution in [0.5, 0.6) is 11.5 Å². The number of cyclic esters (lactones) is 1.